The van der Waals surface area contributed by atoms with Crippen molar-refractivity contribution in [2.24, 2.45) is 0 Å². The number of aliphatic hydroxyl groups is 3. The van der Waals surface area contributed by atoms with Crippen LogP contribution in [0.4, 0.5) is 4.39 Å². The molecule has 0 atom stereocenters. The fourth-order valence-electron chi connectivity index (χ4n) is 0.987. The Labute approximate surface area is 127 Å². The monoisotopic (exact) mass is 312 g/mol. The summed E-state index contributed by atoms with van der Waals surface area (Å²) in [6, 6.07) is 3.26. The van der Waals surface area contributed by atoms with Crippen molar-refractivity contribution in [2.45, 2.75) is 40.4 Å². The van der Waals surface area contributed by atoms with Crippen LogP contribution in [-0.2, 0) is 22.8 Å². The van der Waals surface area contributed by atoms with Crippen LogP contribution < -0.4 is 0 Å². The Morgan fingerprint density at radius 3 is 1.86 bits per heavy atom. The minimum absolute atomic E-state index is 0. The minimum Gasteiger partial charge on any atom is -0.461 e. The Hall–Kier alpha value is -1.57. The van der Waals surface area contributed by atoms with Crippen LogP contribution in [0.15, 0.2) is 16.5 Å². The molecule has 126 valence electrons. The number of aliphatic hydroxyl groups excluding tert-OH is 3. The highest BCUT2D eigenvalue weighted by molar-refractivity contribution is 5.85. The van der Waals surface area contributed by atoms with E-state index in [2.05, 4.69) is 0 Å². The first-order valence-electron chi connectivity index (χ1n) is 6.82. The zero-order chi connectivity index (χ0) is 18.0. The Morgan fingerprint density at radius 2 is 1.62 bits per heavy atom. The highest BCUT2D eigenvalue weighted by Gasteiger charge is 2.00. The van der Waals surface area contributed by atoms with Gasteiger partial charge in [-0.2, -0.15) is 0 Å². The third-order valence-electron chi connectivity index (χ3n) is 1.96. The summed E-state index contributed by atoms with van der Waals surface area (Å²) in [6.07, 6.45) is 0.422. The smallest absolute Gasteiger partial charge is 0.158 e. The zero-order valence-electron chi connectivity index (χ0n) is 13.6. The number of rotatable bonds is 6. The zero-order valence-corrected chi connectivity index (χ0v) is 12.6. The second kappa shape index (κ2) is 16.5. The van der Waals surface area contributed by atoms with Gasteiger partial charge in [0.1, 0.15) is 37.1 Å². The molecule has 0 aliphatic carbocycles. The van der Waals surface area contributed by atoms with Gasteiger partial charge in [-0.1, -0.05) is 7.40 Å². The summed E-state index contributed by atoms with van der Waals surface area (Å²) < 4.78 is 20.1. The normalized spacial score (nSPS) is 8.81. The number of halogens is 1. The third-order valence-corrected chi connectivity index (χ3v) is 1.96. The lowest BCUT2D eigenvalue weighted by Gasteiger charge is -1.90. The molecule has 1 heterocycles. The highest BCUT2D eigenvalue weighted by atomic mass is 19.1. The van der Waals surface area contributed by atoms with Crippen LogP contribution in [-0.4, -0.2) is 40.7 Å². The molecule has 0 radical (unpaired) electrons. The van der Waals surface area contributed by atoms with Crippen molar-refractivity contribution in [3.8, 4) is 0 Å². The molecule has 7 heteroatoms. The van der Waals surface area contributed by atoms with E-state index >= 15 is 0 Å². The van der Waals surface area contributed by atoms with Gasteiger partial charge in [-0.05, 0) is 19.1 Å². The molecular weight excluding hydrogens is 283 g/mol. The van der Waals surface area contributed by atoms with Crippen molar-refractivity contribution in [3.05, 3.63) is 23.7 Å². The largest absolute Gasteiger partial charge is 0.461 e. The lowest BCUT2D eigenvalue weighted by molar-refractivity contribution is -0.125. The molecule has 1 aromatic heterocycles. The van der Waals surface area contributed by atoms with E-state index in [0.717, 1.165) is 0 Å². The fourth-order valence-corrected chi connectivity index (χ4v) is 0.987. The molecule has 0 saturated heterocycles. The summed E-state index contributed by atoms with van der Waals surface area (Å²) in [5.41, 5.74) is 0. The average Bonchev–Trinajstić information content (AvgIpc) is 3.05. The minimum atomic E-state index is -0.451. The Balaban J connectivity index is -0.000000124. The molecule has 0 aliphatic heterocycles. The number of furan rings is 1. The van der Waals surface area contributed by atoms with Crippen LogP contribution in [0.3, 0.4) is 0 Å². The van der Waals surface area contributed by atoms with Crippen LogP contribution in [0.25, 0.3) is 0 Å². The number of Topliss-reactive ketones (excluding diaryl/α,β-unsaturated/α-hetero) is 2. The number of hydrogen-bond acceptors (Lipinski definition) is 6. The lowest BCUT2D eigenvalue weighted by atomic mass is 10.2. The topological polar surface area (TPSA) is 108 Å². The van der Waals surface area contributed by atoms with Crippen LogP contribution >= 0.6 is 0 Å². The fraction of sp³-hybridized carbons (Fsp3) is 0.571. The first-order valence-corrected chi connectivity index (χ1v) is 5.82. The van der Waals surface area contributed by atoms with Gasteiger partial charge in [0.15, 0.2) is 5.78 Å². The Morgan fingerprint density at radius 1 is 1.19 bits per heavy atom. The van der Waals surface area contributed by atoms with E-state index in [1.807, 2.05) is 0 Å². The quantitative estimate of drug-likeness (QED) is 0.737. The molecule has 6 nitrogen and oxygen atoms in total. The van der Waals surface area contributed by atoms with Gasteiger partial charge in [-0.15, -0.1) is 0 Å². The van der Waals surface area contributed by atoms with Gasteiger partial charge in [-0.25, -0.2) is 0 Å². The highest BCUT2D eigenvalue weighted by Crippen LogP contribution is 2.06. The Kier molecular flexibility index (Phi) is 17.1. The van der Waals surface area contributed by atoms with Crippen LogP contribution in [0, 0.1) is 0 Å². The predicted molar refractivity (Wildman–Crippen MR) is 78.4 cm³/mol. The van der Waals surface area contributed by atoms with Crippen LogP contribution in [0.1, 0.15) is 41.5 Å². The van der Waals surface area contributed by atoms with E-state index in [0.29, 0.717) is 18.7 Å². The summed E-state index contributed by atoms with van der Waals surface area (Å²) >= 11 is 0. The van der Waals surface area contributed by atoms with Crippen LogP contribution in [0.2, 0.25) is 0 Å². The molecular formula is C14H27FO6. The maximum Gasteiger partial charge on any atom is 0.158 e. The van der Waals surface area contributed by atoms with E-state index in [1.54, 1.807) is 12.1 Å². The SMILES string of the molecule is CC(=O)CCC(=O)CO.CF.OCc1ccc(CO)o1.[2HH].[2H]C. The summed E-state index contributed by atoms with van der Waals surface area (Å²) in [6.45, 7) is 0.748. The van der Waals surface area contributed by atoms with Crippen molar-refractivity contribution >= 4 is 11.6 Å². The molecule has 0 unspecified atom stereocenters. The van der Waals surface area contributed by atoms with Crippen molar-refractivity contribution in [1.82, 2.24) is 0 Å². The molecule has 0 fully saturated rings. The van der Waals surface area contributed by atoms with Gasteiger partial charge in [0.05, 0.1) is 7.18 Å². The summed E-state index contributed by atoms with van der Waals surface area (Å²) in [4.78, 5) is 20.5. The maximum absolute atomic E-state index is 10.3. The van der Waals surface area contributed by atoms with E-state index in [-0.39, 0.29) is 39.0 Å². The van der Waals surface area contributed by atoms with E-state index in [1.165, 1.54) is 14.3 Å². The van der Waals surface area contributed by atoms with Gasteiger partial charge in [-0.3, -0.25) is 9.18 Å². The van der Waals surface area contributed by atoms with Gasteiger partial charge < -0.3 is 24.5 Å². The lowest BCUT2D eigenvalue weighted by Crippen LogP contribution is -2.05. The molecule has 1 rings (SSSR count). The van der Waals surface area contributed by atoms with Crippen molar-refractivity contribution in [3.63, 3.8) is 0 Å². The molecule has 0 aliphatic rings. The number of hydrogen-bond donors (Lipinski definition) is 3. The second-order valence-corrected chi connectivity index (χ2v) is 3.58. The number of ketones is 2. The van der Waals surface area contributed by atoms with Gasteiger partial charge in [0.2, 0.25) is 0 Å². The average molecular weight is 312 g/mol. The summed E-state index contributed by atoms with van der Waals surface area (Å²) in [5, 5.41) is 25.1. The molecule has 0 spiro atoms. The van der Waals surface area contributed by atoms with E-state index < -0.39 is 6.61 Å². The summed E-state index contributed by atoms with van der Waals surface area (Å²) in [7, 11) is 1.75. The third kappa shape index (κ3) is 14.6. The molecule has 0 bridgehead atoms. The molecule has 3 N–H and O–H groups in total. The molecule has 1 aromatic rings. The first kappa shape index (κ1) is 21.7. The van der Waals surface area contributed by atoms with Crippen molar-refractivity contribution in [2.75, 3.05) is 13.8 Å². The second-order valence-electron chi connectivity index (χ2n) is 3.58. The van der Waals surface area contributed by atoms with Gasteiger partial charge in [0, 0.05) is 15.6 Å². The van der Waals surface area contributed by atoms with E-state index in [4.69, 9.17) is 21.1 Å². The Bertz CT molecular complexity index is 367. The molecule has 0 amide bonds. The predicted octanol–water partition coefficient (Wildman–Crippen LogP) is 1.65. The molecule has 0 saturated carbocycles. The maximum atomic E-state index is 10.3. The number of alkyl halides is 1. The molecule has 21 heavy (non-hydrogen) atoms. The first-order chi connectivity index (χ1) is 10.5. The van der Waals surface area contributed by atoms with Gasteiger partial charge >= 0.3 is 0 Å². The number of carbonyl (C=O) groups is 2. The standard InChI is InChI=1S/C6H8O3.C6H10O3.CH3F.CH4.H2/c7-3-5-1-2-6(4-8)9-5;1-5(8)2-3-6(9)4-7;1-2;;/h1-2,7-8H,3-4H2;7H,2-4H2,1H3;1H3;1H4;1H/i;;;1D;1+1. The summed E-state index contributed by atoms with van der Waals surface area (Å²) in [5.74, 6) is 0.681. The van der Waals surface area contributed by atoms with Crippen molar-refractivity contribution < 1.29 is 36.5 Å². The van der Waals surface area contributed by atoms with Gasteiger partial charge in [0.25, 0.3) is 0 Å². The molecule has 0 aromatic carbocycles. The van der Waals surface area contributed by atoms with Crippen molar-refractivity contribution in [1.29, 1.82) is 0 Å². The van der Waals surface area contributed by atoms with E-state index in [9.17, 15) is 14.0 Å². The number of carbonyl (C=O) groups excluding carboxylic acids is 2. The van der Waals surface area contributed by atoms with Crippen LogP contribution in [0.5, 0.6) is 0 Å².